The maximum atomic E-state index is 13.2. The van der Waals surface area contributed by atoms with Crippen molar-refractivity contribution >= 4 is 23.1 Å². The number of aliphatic hydroxyl groups excluding tert-OH is 1. The molecule has 0 radical (unpaired) electrons. The van der Waals surface area contributed by atoms with E-state index in [1.165, 1.54) is 0 Å². The van der Waals surface area contributed by atoms with Gasteiger partial charge in [-0.25, -0.2) is 8.78 Å². The largest absolute Gasteiger partial charge is 0.507 e. The Morgan fingerprint density at radius 1 is 1.03 bits per heavy atom. The van der Waals surface area contributed by atoms with E-state index in [1.807, 2.05) is 32.9 Å². The average Bonchev–Trinajstić information content (AvgIpc) is 2.99. The van der Waals surface area contributed by atoms with Crippen LogP contribution >= 0.6 is 0 Å². The highest BCUT2D eigenvalue weighted by molar-refractivity contribution is 6.46. The molecule has 1 unspecified atom stereocenters. The van der Waals surface area contributed by atoms with Crippen LogP contribution in [0.5, 0.6) is 0 Å². The van der Waals surface area contributed by atoms with Gasteiger partial charge in [0.2, 0.25) is 0 Å². The van der Waals surface area contributed by atoms with Gasteiger partial charge in [-0.05, 0) is 38.5 Å². The van der Waals surface area contributed by atoms with Gasteiger partial charge in [0.25, 0.3) is 18.1 Å². The average molecular weight is 428 g/mol. The second-order valence-corrected chi connectivity index (χ2v) is 7.47. The number of halogens is 2. The molecule has 7 heteroatoms. The van der Waals surface area contributed by atoms with Gasteiger partial charge in [-0.15, -0.1) is 0 Å². The van der Waals surface area contributed by atoms with Crippen molar-refractivity contribution in [3.63, 3.8) is 0 Å². The Hall–Kier alpha value is -3.22. The first-order valence-corrected chi connectivity index (χ1v) is 10.3. The Labute approximate surface area is 180 Å². The SMILES string of the molecule is CCN(CC)c1ccc(C2C(=C(O)c3ccc(C)cc3)C(=O)C(=O)N2CC(F)F)cc1. The van der Waals surface area contributed by atoms with Crippen LogP contribution in [0.2, 0.25) is 0 Å². The summed E-state index contributed by atoms with van der Waals surface area (Å²) in [5.41, 5.74) is 2.57. The van der Waals surface area contributed by atoms with Crippen LogP contribution in [0, 0.1) is 6.92 Å². The predicted molar refractivity (Wildman–Crippen MR) is 116 cm³/mol. The number of nitrogens with zero attached hydrogens (tertiary/aromatic N) is 2. The monoisotopic (exact) mass is 428 g/mol. The van der Waals surface area contributed by atoms with Gasteiger partial charge in [0.1, 0.15) is 5.76 Å². The Morgan fingerprint density at radius 2 is 1.61 bits per heavy atom. The maximum absolute atomic E-state index is 13.2. The van der Waals surface area contributed by atoms with Crippen molar-refractivity contribution in [3.05, 3.63) is 70.8 Å². The lowest BCUT2D eigenvalue weighted by atomic mass is 9.95. The number of carbonyl (C=O) groups excluding carboxylic acids is 2. The standard InChI is InChI=1S/C24H26F2N2O3/c1-4-27(5-2)18-12-10-16(11-13-18)21-20(22(29)17-8-6-15(3)7-9-17)23(30)24(31)28(21)14-19(25)26/h6-13,19,21,29H,4-5,14H2,1-3H3. The van der Waals surface area contributed by atoms with Crippen molar-refractivity contribution in [1.29, 1.82) is 0 Å². The van der Waals surface area contributed by atoms with Gasteiger partial charge in [-0.3, -0.25) is 9.59 Å². The molecule has 5 nitrogen and oxygen atoms in total. The molecular weight excluding hydrogens is 402 g/mol. The quantitative estimate of drug-likeness (QED) is 0.400. The van der Waals surface area contributed by atoms with Crippen LogP contribution in [0.3, 0.4) is 0 Å². The minimum Gasteiger partial charge on any atom is -0.507 e. The molecule has 1 atom stereocenters. The Bertz CT molecular complexity index is 981. The van der Waals surface area contributed by atoms with E-state index in [1.54, 1.807) is 36.4 Å². The second kappa shape index (κ2) is 9.29. The summed E-state index contributed by atoms with van der Waals surface area (Å²) in [6, 6.07) is 12.8. The van der Waals surface area contributed by atoms with Crippen molar-refractivity contribution in [2.24, 2.45) is 0 Å². The van der Waals surface area contributed by atoms with Crippen molar-refractivity contribution in [2.45, 2.75) is 33.2 Å². The smallest absolute Gasteiger partial charge is 0.295 e. The second-order valence-electron chi connectivity index (χ2n) is 7.47. The van der Waals surface area contributed by atoms with Crippen molar-refractivity contribution in [1.82, 2.24) is 4.90 Å². The fourth-order valence-electron chi connectivity index (χ4n) is 3.89. The van der Waals surface area contributed by atoms with Crippen molar-refractivity contribution in [3.8, 4) is 0 Å². The zero-order valence-electron chi connectivity index (χ0n) is 17.8. The molecule has 1 fully saturated rings. The van der Waals surface area contributed by atoms with E-state index in [2.05, 4.69) is 4.90 Å². The Morgan fingerprint density at radius 3 is 2.13 bits per heavy atom. The lowest BCUT2D eigenvalue weighted by molar-refractivity contribution is -0.141. The number of carbonyl (C=O) groups is 2. The van der Waals surface area contributed by atoms with E-state index in [0.29, 0.717) is 11.1 Å². The summed E-state index contributed by atoms with van der Waals surface area (Å²) in [4.78, 5) is 28.3. The van der Waals surface area contributed by atoms with Crippen LogP contribution in [0.15, 0.2) is 54.1 Å². The molecule has 0 aromatic heterocycles. The molecule has 3 rings (SSSR count). The Kier molecular flexibility index (Phi) is 6.73. The first-order chi connectivity index (χ1) is 14.8. The number of benzene rings is 2. The maximum Gasteiger partial charge on any atom is 0.295 e. The van der Waals surface area contributed by atoms with E-state index >= 15 is 0 Å². The molecule has 2 aromatic carbocycles. The summed E-state index contributed by atoms with van der Waals surface area (Å²) in [7, 11) is 0. The van der Waals surface area contributed by atoms with Gasteiger partial charge in [0, 0.05) is 24.3 Å². The molecule has 0 bridgehead atoms. The van der Waals surface area contributed by atoms with Gasteiger partial charge < -0.3 is 14.9 Å². The van der Waals surface area contributed by atoms with E-state index in [-0.39, 0.29) is 11.3 Å². The van der Waals surface area contributed by atoms with Crippen LogP contribution in [0.25, 0.3) is 5.76 Å². The predicted octanol–water partition coefficient (Wildman–Crippen LogP) is 4.53. The lowest BCUT2D eigenvalue weighted by Gasteiger charge is -2.26. The van der Waals surface area contributed by atoms with Crippen LogP contribution in [-0.2, 0) is 9.59 Å². The highest BCUT2D eigenvalue weighted by Crippen LogP contribution is 2.40. The van der Waals surface area contributed by atoms with E-state index < -0.39 is 30.7 Å². The van der Waals surface area contributed by atoms with Crippen LogP contribution in [0.1, 0.15) is 36.6 Å². The normalized spacial score (nSPS) is 18.1. The van der Waals surface area contributed by atoms with Crippen LogP contribution in [0.4, 0.5) is 14.5 Å². The lowest BCUT2D eigenvalue weighted by Crippen LogP contribution is -2.34. The van der Waals surface area contributed by atoms with Gasteiger partial charge in [-0.2, -0.15) is 0 Å². The zero-order chi connectivity index (χ0) is 22.7. The minimum atomic E-state index is -2.81. The van der Waals surface area contributed by atoms with Crippen molar-refractivity contribution < 1.29 is 23.5 Å². The highest BCUT2D eigenvalue weighted by Gasteiger charge is 2.46. The molecule has 0 spiro atoms. The van der Waals surface area contributed by atoms with E-state index in [4.69, 9.17) is 0 Å². The third kappa shape index (κ3) is 4.45. The molecule has 164 valence electrons. The fraction of sp³-hybridized carbons (Fsp3) is 0.333. The number of likely N-dealkylation sites (tertiary alicyclic amines) is 1. The number of rotatable bonds is 7. The summed E-state index contributed by atoms with van der Waals surface area (Å²) in [6.07, 6.45) is -2.81. The number of amides is 1. The van der Waals surface area contributed by atoms with E-state index in [9.17, 15) is 23.5 Å². The van der Waals surface area contributed by atoms with Gasteiger partial charge in [0.05, 0.1) is 18.2 Å². The molecule has 1 amide bonds. The summed E-state index contributed by atoms with van der Waals surface area (Å²) in [6.45, 7) is 6.63. The highest BCUT2D eigenvalue weighted by atomic mass is 19.3. The number of alkyl halides is 2. The molecule has 1 aliphatic rings. The molecule has 0 saturated carbocycles. The molecule has 1 N–H and O–H groups in total. The number of ketones is 1. The molecule has 1 aliphatic heterocycles. The van der Waals surface area contributed by atoms with Gasteiger partial charge in [-0.1, -0.05) is 42.0 Å². The number of Topliss-reactive ketones (excluding diaryl/α,β-unsaturated/α-hetero) is 1. The summed E-state index contributed by atoms with van der Waals surface area (Å²) >= 11 is 0. The summed E-state index contributed by atoms with van der Waals surface area (Å²) < 4.78 is 26.5. The van der Waals surface area contributed by atoms with Crippen LogP contribution in [-0.4, -0.2) is 47.8 Å². The number of aliphatic hydroxyl groups is 1. The fourth-order valence-corrected chi connectivity index (χ4v) is 3.89. The molecule has 1 heterocycles. The Balaban J connectivity index is 2.12. The number of aryl methyl sites for hydroxylation is 1. The molecular formula is C24H26F2N2O3. The number of hydrogen-bond donors (Lipinski definition) is 1. The van der Waals surface area contributed by atoms with E-state index in [0.717, 1.165) is 29.2 Å². The van der Waals surface area contributed by atoms with Crippen LogP contribution < -0.4 is 4.90 Å². The summed E-state index contributed by atoms with van der Waals surface area (Å²) in [5.74, 6) is -2.36. The van der Waals surface area contributed by atoms with Gasteiger partial charge in [0.15, 0.2) is 0 Å². The topological polar surface area (TPSA) is 60.9 Å². The molecule has 2 aromatic rings. The molecule has 31 heavy (non-hydrogen) atoms. The summed E-state index contributed by atoms with van der Waals surface area (Å²) in [5, 5.41) is 10.9. The first-order valence-electron chi connectivity index (χ1n) is 10.3. The molecule has 0 aliphatic carbocycles. The molecule has 1 saturated heterocycles. The number of hydrogen-bond acceptors (Lipinski definition) is 4. The van der Waals surface area contributed by atoms with Gasteiger partial charge >= 0.3 is 0 Å². The third-order valence-corrected chi connectivity index (χ3v) is 5.54. The van der Waals surface area contributed by atoms with Crippen molar-refractivity contribution in [2.75, 3.05) is 24.5 Å². The first kappa shape index (κ1) is 22.5. The zero-order valence-corrected chi connectivity index (χ0v) is 17.8. The third-order valence-electron chi connectivity index (χ3n) is 5.54. The number of anilines is 1. The minimum absolute atomic E-state index is 0.176.